The van der Waals surface area contributed by atoms with Crippen molar-refractivity contribution in [2.75, 3.05) is 25.2 Å². The van der Waals surface area contributed by atoms with Gasteiger partial charge in [0.1, 0.15) is 24.4 Å². The fourth-order valence-electron chi connectivity index (χ4n) is 2.51. The summed E-state index contributed by atoms with van der Waals surface area (Å²) in [7, 11) is 0. The van der Waals surface area contributed by atoms with Crippen molar-refractivity contribution in [1.29, 1.82) is 0 Å². The maximum absolute atomic E-state index is 12.6. The number of carbonyl (C=O) groups excluding carboxylic acids is 3. The molecule has 0 saturated carbocycles. The summed E-state index contributed by atoms with van der Waals surface area (Å²) in [5, 5.41) is 34.2. The summed E-state index contributed by atoms with van der Waals surface area (Å²) in [6, 6.07) is 2.86. The fourth-order valence-corrected chi connectivity index (χ4v) is 2.99. The van der Waals surface area contributed by atoms with E-state index >= 15 is 0 Å². The fraction of sp³-hybridized carbons (Fsp3) is 0.474. The average Bonchev–Trinajstić information content (AvgIpc) is 2.74. The second-order valence-electron chi connectivity index (χ2n) is 6.68. The number of phenolic OH excluding ortho intramolecular Hbond substituents is 1. The number of carboxylic acid groups (broad SMARTS) is 1. The molecule has 0 heterocycles. The number of aliphatic carboxylic acids is 1. The van der Waals surface area contributed by atoms with Gasteiger partial charge < -0.3 is 37.0 Å². The highest BCUT2D eigenvalue weighted by Gasteiger charge is 2.27. The molecule has 172 valence electrons. The zero-order chi connectivity index (χ0) is 23.4. The minimum Gasteiger partial charge on any atom is -0.508 e. The third kappa shape index (κ3) is 9.68. The van der Waals surface area contributed by atoms with Crippen LogP contribution in [0.3, 0.4) is 0 Å². The van der Waals surface area contributed by atoms with Gasteiger partial charge in [-0.05, 0) is 42.5 Å². The van der Waals surface area contributed by atoms with Gasteiger partial charge in [0, 0.05) is 0 Å². The van der Waals surface area contributed by atoms with Crippen LogP contribution in [0.1, 0.15) is 12.0 Å². The zero-order valence-electron chi connectivity index (χ0n) is 17.0. The molecule has 0 spiro atoms. The van der Waals surface area contributed by atoms with Crippen molar-refractivity contribution in [1.82, 2.24) is 16.0 Å². The highest BCUT2D eigenvalue weighted by Crippen LogP contribution is 2.11. The second kappa shape index (κ2) is 13.5. The van der Waals surface area contributed by atoms with E-state index in [9.17, 15) is 29.4 Å². The van der Waals surface area contributed by atoms with E-state index in [1.54, 1.807) is 12.1 Å². The molecule has 12 heteroatoms. The van der Waals surface area contributed by atoms with Crippen molar-refractivity contribution in [2.24, 2.45) is 5.73 Å². The molecule has 3 atom stereocenters. The van der Waals surface area contributed by atoms with Crippen LogP contribution in [0, 0.1) is 0 Å². The van der Waals surface area contributed by atoms with Crippen LogP contribution in [0.5, 0.6) is 5.75 Å². The Labute approximate surface area is 183 Å². The molecule has 0 fully saturated rings. The van der Waals surface area contributed by atoms with Crippen molar-refractivity contribution < 1.29 is 34.5 Å². The Kier molecular flexibility index (Phi) is 11.4. The molecule has 0 saturated heterocycles. The maximum Gasteiger partial charge on any atom is 0.322 e. The predicted octanol–water partition coefficient (Wildman–Crippen LogP) is -1.82. The van der Waals surface area contributed by atoms with Crippen LogP contribution in [-0.2, 0) is 25.6 Å². The van der Waals surface area contributed by atoms with Crippen LogP contribution in [0.4, 0.5) is 0 Å². The molecule has 11 nitrogen and oxygen atoms in total. The quantitative estimate of drug-likeness (QED) is 0.179. The molecule has 1 rings (SSSR count). The number of benzene rings is 1. The summed E-state index contributed by atoms with van der Waals surface area (Å²) in [5.74, 6) is -2.81. The third-order valence-electron chi connectivity index (χ3n) is 4.20. The molecule has 3 unspecified atom stereocenters. The monoisotopic (exact) mass is 456 g/mol. The van der Waals surface area contributed by atoms with E-state index < -0.39 is 55.0 Å². The third-order valence-corrected chi connectivity index (χ3v) is 4.85. The van der Waals surface area contributed by atoms with Gasteiger partial charge in [-0.1, -0.05) is 12.1 Å². The van der Waals surface area contributed by atoms with Crippen molar-refractivity contribution in [2.45, 2.75) is 31.0 Å². The number of phenols is 1. The number of aliphatic hydroxyl groups is 1. The number of rotatable bonds is 13. The lowest BCUT2D eigenvalue weighted by molar-refractivity contribution is -0.139. The zero-order valence-corrected chi connectivity index (χ0v) is 17.9. The molecule has 0 aliphatic carbocycles. The van der Waals surface area contributed by atoms with Crippen LogP contribution >= 0.6 is 11.8 Å². The minimum atomic E-state index is -1.37. The summed E-state index contributed by atoms with van der Waals surface area (Å²) in [6.07, 6.45) is 2.25. The predicted molar refractivity (Wildman–Crippen MR) is 114 cm³/mol. The first kappa shape index (κ1) is 26.2. The minimum absolute atomic E-state index is 0.0846. The van der Waals surface area contributed by atoms with E-state index in [-0.39, 0.29) is 18.6 Å². The Morgan fingerprint density at radius 2 is 1.65 bits per heavy atom. The van der Waals surface area contributed by atoms with Crippen molar-refractivity contribution in [3.63, 3.8) is 0 Å². The van der Waals surface area contributed by atoms with Crippen molar-refractivity contribution >= 4 is 35.5 Å². The number of nitrogens with one attached hydrogen (secondary N) is 3. The summed E-state index contributed by atoms with van der Waals surface area (Å²) >= 11 is 1.45. The molecule has 8 N–H and O–H groups in total. The number of carbonyl (C=O) groups is 4. The maximum atomic E-state index is 12.6. The van der Waals surface area contributed by atoms with Gasteiger partial charge in [-0.25, -0.2) is 0 Å². The summed E-state index contributed by atoms with van der Waals surface area (Å²) < 4.78 is 0. The van der Waals surface area contributed by atoms with Gasteiger partial charge in [0.25, 0.3) is 0 Å². The van der Waals surface area contributed by atoms with Gasteiger partial charge in [-0.15, -0.1) is 0 Å². The van der Waals surface area contributed by atoms with Crippen molar-refractivity contribution in [3.8, 4) is 5.75 Å². The van der Waals surface area contributed by atoms with Crippen molar-refractivity contribution in [3.05, 3.63) is 29.8 Å². The van der Waals surface area contributed by atoms with E-state index in [1.165, 1.54) is 23.9 Å². The number of aromatic hydroxyl groups is 1. The lowest BCUT2D eigenvalue weighted by Crippen LogP contribution is -2.57. The number of nitrogens with two attached hydrogens (primary N) is 1. The second-order valence-corrected chi connectivity index (χ2v) is 7.66. The Bertz CT molecular complexity index is 760. The van der Waals surface area contributed by atoms with Crippen LogP contribution < -0.4 is 21.7 Å². The van der Waals surface area contributed by atoms with Gasteiger partial charge in [0.2, 0.25) is 17.7 Å². The Morgan fingerprint density at radius 3 is 2.19 bits per heavy atom. The number of carboxylic acids is 1. The van der Waals surface area contributed by atoms with E-state index in [0.29, 0.717) is 5.75 Å². The lowest BCUT2D eigenvalue weighted by atomic mass is 10.0. The summed E-state index contributed by atoms with van der Waals surface area (Å²) in [5.41, 5.74) is 6.66. The Morgan fingerprint density at radius 1 is 1.03 bits per heavy atom. The molecule has 0 aromatic heterocycles. The number of amides is 3. The smallest absolute Gasteiger partial charge is 0.322 e. The van der Waals surface area contributed by atoms with E-state index in [0.717, 1.165) is 5.56 Å². The van der Waals surface area contributed by atoms with Crippen LogP contribution in [0.2, 0.25) is 0 Å². The molecule has 0 aliphatic heterocycles. The molecular formula is C19H28N4O7S. The van der Waals surface area contributed by atoms with E-state index in [4.69, 9.17) is 10.8 Å². The van der Waals surface area contributed by atoms with Gasteiger partial charge in [-0.2, -0.15) is 11.8 Å². The molecule has 0 aliphatic rings. The largest absolute Gasteiger partial charge is 0.508 e. The SMILES string of the molecule is CSCCC(NC(=O)C(N)Cc1ccc(O)cc1)C(=O)NC(CO)C(=O)NCC(=O)O. The van der Waals surface area contributed by atoms with E-state index in [1.807, 2.05) is 6.26 Å². The molecule has 0 bridgehead atoms. The molecule has 1 aromatic rings. The number of hydrogen-bond donors (Lipinski definition) is 7. The first-order chi connectivity index (χ1) is 14.7. The van der Waals surface area contributed by atoms with Gasteiger partial charge >= 0.3 is 5.97 Å². The highest BCUT2D eigenvalue weighted by atomic mass is 32.2. The molecule has 3 amide bonds. The average molecular weight is 457 g/mol. The summed E-state index contributed by atoms with van der Waals surface area (Å²) in [4.78, 5) is 47.6. The number of hydrogen-bond acceptors (Lipinski definition) is 8. The lowest BCUT2D eigenvalue weighted by Gasteiger charge is -2.23. The van der Waals surface area contributed by atoms with Gasteiger partial charge in [0.15, 0.2) is 0 Å². The molecule has 0 radical (unpaired) electrons. The number of thioether (sulfide) groups is 1. The normalized spacial score (nSPS) is 13.5. The molecule has 1 aromatic carbocycles. The first-order valence-corrected chi connectivity index (χ1v) is 10.8. The van der Waals surface area contributed by atoms with Gasteiger partial charge in [-0.3, -0.25) is 19.2 Å². The molecule has 31 heavy (non-hydrogen) atoms. The summed E-state index contributed by atoms with van der Waals surface area (Å²) in [6.45, 7) is -1.41. The topological polar surface area (TPSA) is 191 Å². The highest BCUT2D eigenvalue weighted by molar-refractivity contribution is 7.98. The van der Waals surface area contributed by atoms with E-state index in [2.05, 4.69) is 16.0 Å². The first-order valence-electron chi connectivity index (χ1n) is 9.41. The van der Waals surface area contributed by atoms with Crippen LogP contribution in [-0.4, -0.2) is 82.3 Å². The molecular weight excluding hydrogens is 428 g/mol. The van der Waals surface area contributed by atoms with Crippen LogP contribution in [0.15, 0.2) is 24.3 Å². The standard InChI is InChI=1S/C19H28N4O7S/c1-31-7-6-14(19(30)23-15(10-24)18(29)21-9-16(26)27)22-17(28)13(20)8-11-2-4-12(25)5-3-11/h2-5,13-15,24-25H,6-10,20H2,1H3,(H,21,29)(H,22,28)(H,23,30)(H,26,27). The number of aliphatic hydroxyl groups excluding tert-OH is 1. The van der Waals surface area contributed by atoms with Gasteiger partial charge in [0.05, 0.1) is 12.6 Å². The Balaban J connectivity index is 2.75. The van der Waals surface area contributed by atoms with Crippen LogP contribution in [0.25, 0.3) is 0 Å². The Hall–Kier alpha value is -2.83.